The van der Waals surface area contributed by atoms with Crippen LogP contribution in [0.5, 0.6) is 0 Å². The van der Waals surface area contributed by atoms with Crippen LogP contribution in [-0.4, -0.2) is 53.2 Å². The van der Waals surface area contributed by atoms with Crippen LogP contribution in [0.2, 0.25) is 0 Å². The Hall–Kier alpha value is -3.02. The molecule has 2 bridgehead atoms. The highest BCUT2D eigenvalue weighted by Crippen LogP contribution is 2.43. The molecule has 32 heavy (non-hydrogen) atoms. The first-order valence-corrected chi connectivity index (χ1v) is 11.1. The predicted octanol–water partition coefficient (Wildman–Crippen LogP) is 2.94. The lowest BCUT2D eigenvalue weighted by molar-refractivity contribution is 0.0601. The maximum atomic E-state index is 13.2. The molecule has 9 nitrogen and oxygen atoms in total. The summed E-state index contributed by atoms with van der Waals surface area (Å²) in [5.74, 6) is 0.939. The number of benzene rings is 1. The quantitative estimate of drug-likeness (QED) is 0.538. The molecular formula is C21H22FN5O4S. The summed E-state index contributed by atoms with van der Waals surface area (Å²) in [5, 5.41) is 19.3. The lowest BCUT2D eigenvalue weighted by Crippen LogP contribution is -2.51. The minimum atomic E-state index is -0.408. The van der Waals surface area contributed by atoms with Gasteiger partial charge in [0.2, 0.25) is 0 Å². The minimum absolute atomic E-state index is 0.0330. The second-order valence-electron chi connectivity index (χ2n) is 7.89. The predicted molar refractivity (Wildman–Crippen MR) is 116 cm³/mol. The van der Waals surface area contributed by atoms with Crippen LogP contribution in [0.3, 0.4) is 0 Å². The highest BCUT2D eigenvalue weighted by molar-refractivity contribution is 7.16. The first-order chi connectivity index (χ1) is 15.5. The maximum absolute atomic E-state index is 13.2. The maximum Gasteiger partial charge on any atom is 0.321 e. The van der Waals surface area contributed by atoms with Gasteiger partial charge in [-0.1, -0.05) is 16.5 Å². The zero-order valence-electron chi connectivity index (χ0n) is 17.2. The van der Waals surface area contributed by atoms with Gasteiger partial charge in [0.15, 0.2) is 16.7 Å². The molecule has 4 heterocycles. The number of halogens is 1. The first-order valence-electron chi connectivity index (χ1n) is 10.3. The number of thiazole rings is 1. The monoisotopic (exact) mass is 459 g/mol. The number of anilines is 2. The van der Waals surface area contributed by atoms with Crippen molar-refractivity contribution in [3.8, 4) is 11.3 Å². The second kappa shape index (κ2) is 8.49. The number of amides is 2. The van der Waals surface area contributed by atoms with Gasteiger partial charge in [-0.05, 0) is 31.2 Å². The Balaban J connectivity index is 1.39. The fourth-order valence-electron chi connectivity index (χ4n) is 4.02. The fourth-order valence-corrected chi connectivity index (χ4v) is 5.10. The van der Waals surface area contributed by atoms with Gasteiger partial charge < -0.3 is 24.6 Å². The van der Waals surface area contributed by atoms with Gasteiger partial charge >= 0.3 is 6.03 Å². The number of aliphatic hydroxyl groups is 1. The van der Waals surface area contributed by atoms with E-state index in [1.54, 1.807) is 19.1 Å². The number of urea groups is 1. The average molecular weight is 460 g/mol. The smallest absolute Gasteiger partial charge is 0.321 e. The summed E-state index contributed by atoms with van der Waals surface area (Å²) < 4.78 is 24.6. The van der Waals surface area contributed by atoms with E-state index in [9.17, 15) is 9.18 Å². The van der Waals surface area contributed by atoms with Gasteiger partial charge in [-0.15, -0.1) is 0 Å². The molecular weight excluding hydrogens is 437 g/mol. The molecule has 0 spiro atoms. The number of carbonyl (C=O) groups excluding carboxylic acids is 1. The normalized spacial score (nSPS) is 20.5. The van der Waals surface area contributed by atoms with E-state index in [1.165, 1.54) is 23.5 Å². The van der Waals surface area contributed by atoms with Crippen LogP contribution >= 0.6 is 11.3 Å². The lowest BCUT2D eigenvalue weighted by Gasteiger charge is -2.44. The van der Waals surface area contributed by atoms with E-state index in [1.807, 2.05) is 6.07 Å². The van der Waals surface area contributed by atoms with Gasteiger partial charge in [-0.3, -0.25) is 5.32 Å². The number of aromatic nitrogens is 2. The molecule has 1 aromatic carbocycles. The molecule has 0 radical (unpaired) electrons. The average Bonchev–Trinajstić information content (AvgIpc) is 3.41. The number of nitrogens with one attached hydrogen (secondary N) is 2. The molecule has 1 fully saturated rings. The van der Waals surface area contributed by atoms with Gasteiger partial charge in [0, 0.05) is 18.1 Å². The van der Waals surface area contributed by atoms with E-state index in [4.69, 9.17) is 14.4 Å². The third kappa shape index (κ3) is 3.94. The molecule has 5 rings (SSSR count). The van der Waals surface area contributed by atoms with Gasteiger partial charge in [0.1, 0.15) is 5.82 Å². The van der Waals surface area contributed by atoms with Crippen LogP contribution in [0, 0.1) is 5.82 Å². The summed E-state index contributed by atoms with van der Waals surface area (Å²) in [7, 11) is 0. The van der Waals surface area contributed by atoms with E-state index < -0.39 is 6.03 Å². The Kier molecular flexibility index (Phi) is 5.53. The van der Waals surface area contributed by atoms with Gasteiger partial charge in [-0.2, -0.15) is 0 Å². The number of carbonyl (C=O) groups is 1. The van der Waals surface area contributed by atoms with E-state index in [2.05, 4.69) is 25.7 Å². The Morgan fingerprint density at radius 2 is 2.19 bits per heavy atom. The van der Waals surface area contributed by atoms with E-state index >= 15 is 0 Å². The van der Waals surface area contributed by atoms with Crippen molar-refractivity contribution < 1.29 is 23.6 Å². The van der Waals surface area contributed by atoms with Crippen LogP contribution in [-0.2, 0) is 11.2 Å². The van der Waals surface area contributed by atoms with Crippen molar-refractivity contribution in [3.63, 3.8) is 0 Å². The van der Waals surface area contributed by atoms with Crippen LogP contribution in [0.25, 0.3) is 11.3 Å². The summed E-state index contributed by atoms with van der Waals surface area (Å²) in [5.41, 5.74) is 1.69. The zero-order valence-corrected chi connectivity index (χ0v) is 18.1. The number of fused-ring (bicyclic) bond motifs is 4. The molecule has 3 aromatic rings. The van der Waals surface area contributed by atoms with Gasteiger partial charge in [0.05, 0.1) is 48.5 Å². The summed E-state index contributed by atoms with van der Waals surface area (Å²) in [6.45, 7) is 2.57. The molecule has 0 saturated carbocycles. The summed E-state index contributed by atoms with van der Waals surface area (Å²) in [6, 6.07) is 7.11. The number of morpholine rings is 1. The van der Waals surface area contributed by atoms with E-state index in [-0.39, 0.29) is 30.5 Å². The van der Waals surface area contributed by atoms with Gasteiger partial charge in [-0.25, -0.2) is 14.2 Å². The molecule has 168 valence electrons. The Bertz CT molecular complexity index is 1120. The number of nitrogens with zero attached hydrogens (tertiary/aromatic N) is 3. The fraction of sp³-hybridized carbons (Fsp3) is 0.381. The second-order valence-corrected chi connectivity index (χ2v) is 8.92. The minimum Gasteiger partial charge on any atom is -0.394 e. The van der Waals surface area contributed by atoms with Crippen LogP contribution in [0.4, 0.5) is 20.1 Å². The molecule has 3 atom stereocenters. The Morgan fingerprint density at radius 3 is 2.97 bits per heavy atom. The van der Waals surface area contributed by atoms with Crippen molar-refractivity contribution in [2.75, 3.05) is 30.0 Å². The number of hydrogen-bond donors (Lipinski definition) is 3. The molecule has 3 N–H and O–H groups in total. The molecule has 0 unspecified atom stereocenters. The molecule has 2 aromatic heterocycles. The Morgan fingerprint density at radius 1 is 1.38 bits per heavy atom. The van der Waals surface area contributed by atoms with Crippen LogP contribution in [0.15, 0.2) is 34.9 Å². The van der Waals surface area contributed by atoms with Gasteiger partial charge in [0.25, 0.3) is 0 Å². The van der Waals surface area contributed by atoms with E-state index in [0.29, 0.717) is 36.3 Å². The third-order valence-electron chi connectivity index (χ3n) is 5.54. The topological polar surface area (TPSA) is 113 Å². The van der Waals surface area contributed by atoms with Crippen molar-refractivity contribution in [1.29, 1.82) is 0 Å². The van der Waals surface area contributed by atoms with E-state index in [0.717, 1.165) is 16.1 Å². The van der Waals surface area contributed by atoms with Crippen molar-refractivity contribution in [2.24, 2.45) is 0 Å². The van der Waals surface area contributed by atoms with Crippen molar-refractivity contribution in [2.45, 2.75) is 31.5 Å². The van der Waals surface area contributed by atoms with Crippen molar-refractivity contribution in [3.05, 3.63) is 46.7 Å². The lowest BCUT2D eigenvalue weighted by atomic mass is 9.96. The van der Waals surface area contributed by atoms with Crippen LogP contribution in [0.1, 0.15) is 23.5 Å². The highest BCUT2D eigenvalue weighted by Gasteiger charge is 2.42. The standard InChI is InChI=1S/C21H22FN5O4S/c1-11(8-28)23-20(29)25-21-24-15-6-14-9-30-10-16(19(15)32-21)27(14)18-7-17(31-26-18)12-2-4-13(22)5-3-12/h2-5,7,11,14,16,28H,6,8-10H2,1H3,(H2,23,24,25,29)/t11-,14+,16+/m1/s1. The molecule has 1 saturated heterocycles. The molecule has 2 aliphatic heterocycles. The number of aliphatic hydroxyl groups excluding tert-OH is 1. The molecule has 11 heteroatoms. The number of rotatable bonds is 5. The number of hydrogen-bond acceptors (Lipinski definition) is 8. The molecule has 2 aliphatic rings. The first kappa shape index (κ1) is 20.9. The SMILES string of the molecule is C[C@H](CO)NC(=O)Nc1nc2c(s1)[C@@H]1COC[C@H](C2)N1c1cc(-c2ccc(F)cc2)on1. The van der Waals surface area contributed by atoms with Crippen molar-refractivity contribution >= 4 is 28.3 Å². The number of ether oxygens (including phenoxy) is 1. The van der Waals surface area contributed by atoms with Crippen LogP contribution < -0.4 is 15.5 Å². The summed E-state index contributed by atoms with van der Waals surface area (Å²) in [4.78, 5) is 19.9. The molecule has 2 amide bonds. The Labute approximate surface area is 187 Å². The summed E-state index contributed by atoms with van der Waals surface area (Å²) >= 11 is 1.40. The molecule has 0 aliphatic carbocycles. The highest BCUT2D eigenvalue weighted by atomic mass is 32.1. The zero-order chi connectivity index (χ0) is 22.2. The third-order valence-corrected chi connectivity index (χ3v) is 6.65. The largest absolute Gasteiger partial charge is 0.394 e. The summed E-state index contributed by atoms with van der Waals surface area (Å²) in [6.07, 6.45) is 0.650. The van der Waals surface area contributed by atoms with Crippen molar-refractivity contribution in [1.82, 2.24) is 15.5 Å².